The minimum atomic E-state index is -0.829. The molecule has 1 amide bonds. The van der Waals surface area contributed by atoms with E-state index in [0.717, 1.165) is 6.42 Å². The first-order chi connectivity index (χ1) is 9.61. The van der Waals surface area contributed by atoms with Crippen molar-refractivity contribution in [2.45, 2.75) is 6.42 Å². The molecule has 1 aromatic rings. The lowest BCUT2D eigenvalue weighted by atomic mass is 10.3. The van der Waals surface area contributed by atoms with Gasteiger partial charge in [0.05, 0.1) is 13.7 Å². The molecular weight excluding hydrogens is 280 g/mol. The molecule has 2 heterocycles. The average molecular weight is 298 g/mol. The lowest BCUT2D eigenvalue weighted by molar-refractivity contribution is -0.138. The number of hydrogen-bond acceptors (Lipinski definition) is 5. The normalized spacial score (nSPS) is 16.8. The van der Waals surface area contributed by atoms with Gasteiger partial charge in [0, 0.05) is 26.2 Å². The Morgan fingerprint density at radius 3 is 2.85 bits per heavy atom. The number of thiophene rings is 1. The standard InChI is InChI=1S/C13H18N2O4S/c1-19-10-3-8-20-12(10)13(18)15-5-2-4-14(6-7-15)9-11(16)17/h3,8H,2,4-7,9H2,1H3,(H,16,17). The molecule has 6 nitrogen and oxygen atoms in total. The Hall–Kier alpha value is -1.60. The molecule has 110 valence electrons. The van der Waals surface area contributed by atoms with Crippen LogP contribution in [-0.4, -0.2) is 66.6 Å². The van der Waals surface area contributed by atoms with Crippen molar-refractivity contribution < 1.29 is 19.4 Å². The molecule has 1 N–H and O–H groups in total. The predicted octanol–water partition coefficient (Wildman–Crippen LogP) is 0.989. The third-order valence-corrected chi connectivity index (χ3v) is 4.16. The first-order valence-corrected chi connectivity index (χ1v) is 7.34. The average Bonchev–Trinajstić information content (AvgIpc) is 2.77. The molecule has 0 spiro atoms. The molecular formula is C13H18N2O4S. The summed E-state index contributed by atoms with van der Waals surface area (Å²) in [5, 5.41) is 10.6. The van der Waals surface area contributed by atoms with Crippen LogP contribution in [0.25, 0.3) is 0 Å². The molecule has 0 unspecified atom stereocenters. The first-order valence-electron chi connectivity index (χ1n) is 6.46. The van der Waals surface area contributed by atoms with Crippen molar-refractivity contribution in [1.82, 2.24) is 9.80 Å². The molecule has 0 aliphatic carbocycles. The van der Waals surface area contributed by atoms with E-state index in [2.05, 4.69) is 0 Å². The van der Waals surface area contributed by atoms with Crippen LogP contribution >= 0.6 is 11.3 Å². The zero-order valence-electron chi connectivity index (χ0n) is 11.4. The van der Waals surface area contributed by atoms with Crippen molar-refractivity contribution in [1.29, 1.82) is 0 Å². The van der Waals surface area contributed by atoms with Gasteiger partial charge in [-0.25, -0.2) is 0 Å². The minimum absolute atomic E-state index is 0.0321. The van der Waals surface area contributed by atoms with E-state index in [1.807, 2.05) is 10.3 Å². The summed E-state index contributed by atoms with van der Waals surface area (Å²) in [6.45, 7) is 2.52. The Morgan fingerprint density at radius 2 is 2.15 bits per heavy atom. The Kier molecular flexibility index (Phi) is 4.97. The van der Waals surface area contributed by atoms with Crippen LogP contribution in [0.1, 0.15) is 16.1 Å². The van der Waals surface area contributed by atoms with E-state index >= 15 is 0 Å². The number of carboxylic acid groups (broad SMARTS) is 1. The lowest BCUT2D eigenvalue weighted by Gasteiger charge is -2.21. The SMILES string of the molecule is COc1ccsc1C(=O)N1CCCN(CC(=O)O)CC1. The fourth-order valence-electron chi connectivity index (χ4n) is 2.28. The zero-order chi connectivity index (χ0) is 14.5. The van der Waals surface area contributed by atoms with Gasteiger partial charge in [-0.1, -0.05) is 0 Å². The number of aliphatic carboxylic acids is 1. The molecule has 1 aliphatic rings. The second-order valence-electron chi connectivity index (χ2n) is 4.63. The number of methoxy groups -OCH3 is 1. The van der Waals surface area contributed by atoms with E-state index in [9.17, 15) is 9.59 Å². The molecule has 1 aromatic heterocycles. The highest BCUT2D eigenvalue weighted by atomic mass is 32.1. The van der Waals surface area contributed by atoms with E-state index in [0.29, 0.717) is 36.8 Å². The Bertz CT molecular complexity index is 488. The van der Waals surface area contributed by atoms with E-state index in [1.165, 1.54) is 11.3 Å². The zero-order valence-corrected chi connectivity index (χ0v) is 12.2. The van der Waals surface area contributed by atoms with Crippen molar-refractivity contribution in [2.24, 2.45) is 0 Å². The monoisotopic (exact) mass is 298 g/mol. The maximum absolute atomic E-state index is 12.4. The van der Waals surface area contributed by atoms with Gasteiger partial charge in [0.2, 0.25) is 0 Å². The highest BCUT2D eigenvalue weighted by Gasteiger charge is 2.24. The topological polar surface area (TPSA) is 70.1 Å². The summed E-state index contributed by atoms with van der Waals surface area (Å²) in [6.07, 6.45) is 0.784. The van der Waals surface area contributed by atoms with Gasteiger partial charge in [-0.2, -0.15) is 0 Å². The summed E-state index contributed by atoms with van der Waals surface area (Å²) in [4.78, 5) is 27.4. The smallest absolute Gasteiger partial charge is 0.317 e. The fourth-order valence-corrected chi connectivity index (χ4v) is 3.11. The van der Waals surface area contributed by atoms with Crippen LogP contribution in [0.2, 0.25) is 0 Å². The molecule has 20 heavy (non-hydrogen) atoms. The number of carbonyl (C=O) groups is 2. The second-order valence-corrected chi connectivity index (χ2v) is 5.55. The Balaban J connectivity index is 2.00. The van der Waals surface area contributed by atoms with E-state index in [1.54, 1.807) is 18.1 Å². The van der Waals surface area contributed by atoms with Gasteiger partial charge in [-0.3, -0.25) is 14.5 Å². The molecule has 2 rings (SSSR count). The van der Waals surface area contributed by atoms with Crippen LogP contribution in [0.3, 0.4) is 0 Å². The molecule has 0 bridgehead atoms. The van der Waals surface area contributed by atoms with Crippen molar-refractivity contribution in [3.05, 3.63) is 16.3 Å². The molecule has 1 saturated heterocycles. The summed E-state index contributed by atoms with van der Waals surface area (Å²) in [5.74, 6) is -0.259. The van der Waals surface area contributed by atoms with Gasteiger partial charge in [0.25, 0.3) is 5.91 Å². The van der Waals surface area contributed by atoms with Crippen LogP contribution in [-0.2, 0) is 4.79 Å². The van der Waals surface area contributed by atoms with Crippen LogP contribution in [0.5, 0.6) is 5.75 Å². The number of rotatable bonds is 4. The van der Waals surface area contributed by atoms with Crippen molar-refractivity contribution in [3.63, 3.8) is 0 Å². The van der Waals surface area contributed by atoms with Gasteiger partial charge in [0.1, 0.15) is 10.6 Å². The summed E-state index contributed by atoms with van der Waals surface area (Å²) in [6, 6.07) is 1.78. The Morgan fingerprint density at radius 1 is 1.35 bits per heavy atom. The summed E-state index contributed by atoms with van der Waals surface area (Å²) in [5.41, 5.74) is 0. The van der Waals surface area contributed by atoms with Gasteiger partial charge in [0.15, 0.2) is 0 Å². The molecule has 0 atom stereocenters. The number of hydrogen-bond donors (Lipinski definition) is 1. The Labute approximate surface area is 121 Å². The van der Waals surface area contributed by atoms with E-state index in [4.69, 9.17) is 9.84 Å². The van der Waals surface area contributed by atoms with Crippen molar-refractivity contribution >= 4 is 23.2 Å². The molecule has 0 saturated carbocycles. The van der Waals surface area contributed by atoms with Gasteiger partial charge in [-0.05, 0) is 17.9 Å². The summed E-state index contributed by atoms with van der Waals surface area (Å²) < 4.78 is 5.18. The number of nitrogens with zero attached hydrogens (tertiary/aromatic N) is 2. The van der Waals surface area contributed by atoms with Crippen LogP contribution in [0.4, 0.5) is 0 Å². The van der Waals surface area contributed by atoms with Gasteiger partial charge >= 0.3 is 5.97 Å². The third kappa shape index (κ3) is 3.49. The molecule has 7 heteroatoms. The van der Waals surface area contributed by atoms with Crippen molar-refractivity contribution in [3.8, 4) is 5.75 Å². The predicted molar refractivity (Wildman–Crippen MR) is 75.5 cm³/mol. The third-order valence-electron chi connectivity index (χ3n) is 3.28. The fraction of sp³-hybridized carbons (Fsp3) is 0.538. The molecule has 1 fully saturated rings. The molecule has 0 aromatic carbocycles. The highest BCUT2D eigenvalue weighted by Crippen LogP contribution is 2.26. The van der Waals surface area contributed by atoms with Crippen LogP contribution < -0.4 is 4.74 Å². The maximum Gasteiger partial charge on any atom is 0.317 e. The van der Waals surface area contributed by atoms with Crippen molar-refractivity contribution in [2.75, 3.05) is 39.8 Å². The lowest BCUT2D eigenvalue weighted by Crippen LogP contribution is -2.36. The number of amides is 1. The maximum atomic E-state index is 12.4. The van der Waals surface area contributed by atoms with E-state index < -0.39 is 5.97 Å². The van der Waals surface area contributed by atoms with Crippen LogP contribution in [0.15, 0.2) is 11.4 Å². The largest absolute Gasteiger partial charge is 0.495 e. The number of carboxylic acids is 1. The minimum Gasteiger partial charge on any atom is -0.495 e. The number of carbonyl (C=O) groups excluding carboxylic acids is 1. The second kappa shape index (κ2) is 6.71. The summed E-state index contributed by atoms with van der Waals surface area (Å²) in [7, 11) is 1.55. The molecule has 1 aliphatic heterocycles. The van der Waals surface area contributed by atoms with Gasteiger partial charge < -0.3 is 14.7 Å². The van der Waals surface area contributed by atoms with E-state index in [-0.39, 0.29) is 12.5 Å². The van der Waals surface area contributed by atoms with Gasteiger partial charge in [-0.15, -0.1) is 11.3 Å². The molecule has 0 radical (unpaired) electrons. The van der Waals surface area contributed by atoms with Crippen LogP contribution in [0, 0.1) is 0 Å². The quantitative estimate of drug-likeness (QED) is 0.897. The summed E-state index contributed by atoms with van der Waals surface area (Å²) >= 11 is 1.37. The number of ether oxygens (including phenoxy) is 1. The highest BCUT2D eigenvalue weighted by molar-refractivity contribution is 7.12. The first kappa shape index (κ1) is 14.8.